The van der Waals surface area contributed by atoms with E-state index in [0.717, 1.165) is 116 Å². The van der Waals surface area contributed by atoms with Crippen LogP contribution in [0.1, 0.15) is 445 Å². The lowest BCUT2D eigenvalue weighted by Crippen LogP contribution is -2.30. The third-order valence-corrected chi connectivity index (χ3v) is 22.8. The van der Waals surface area contributed by atoms with Gasteiger partial charge in [-0.25, -0.2) is 9.13 Å². The highest BCUT2D eigenvalue weighted by molar-refractivity contribution is 7.47. The minimum Gasteiger partial charge on any atom is -0.463 e. The molecule has 0 aliphatic carbocycles. The van der Waals surface area contributed by atoms with Crippen LogP contribution < -0.4 is 0 Å². The van der Waals surface area contributed by atoms with E-state index < -0.39 is 91.5 Å². The van der Waals surface area contributed by atoms with Crippen molar-refractivity contribution in [2.45, 2.75) is 463 Å². The summed E-state index contributed by atoms with van der Waals surface area (Å²) in [6.45, 7) is 2.69. The highest BCUT2D eigenvalue weighted by Crippen LogP contribution is 2.45. The summed E-state index contributed by atoms with van der Waals surface area (Å²) in [6, 6.07) is 0. The van der Waals surface area contributed by atoms with Gasteiger partial charge in [0.05, 0.1) is 26.4 Å². The van der Waals surface area contributed by atoms with Gasteiger partial charge in [0.2, 0.25) is 0 Å². The molecule has 117 heavy (non-hydrogen) atoms. The van der Waals surface area contributed by atoms with Crippen molar-refractivity contribution < 1.29 is 75.8 Å². The zero-order valence-corrected chi connectivity index (χ0v) is 76.9. The number of hydrogen-bond acceptors (Lipinski definition) is 14. The van der Waals surface area contributed by atoms with Gasteiger partial charge in [0.1, 0.15) is 25.4 Å². The molecule has 0 saturated carbocycles. The molecule has 4 N–H and O–H groups in total. The van der Waals surface area contributed by atoms with Gasteiger partial charge < -0.3 is 34.2 Å². The molecule has 0 heterocycles. The molecule has 0 aromatic carbocycles. The summed E-state index contributed by atoms with van der Waals surface area (Å²) in [7, 11) is -9.80. The Morgan fingerprint density at radius 1 is 0.239 bits per heavy atom. The van der Waals surface area contributed by atoms with Gasteiger partial charge in [-0.05, 0) is 135 Å². The lowest BCUT2D eigenvalue weighted by molar-refractivity contribution is -0.161. The molecule has 0 rings (SSSR count). The summed E-state index contributed by atoms with van der Waals surface area (Å²) in [6.07, 6.45) is 112. The maximum absolute atomic E-state index is 13.0. The van der Waals surface area contributed by atoms with E-state index in [-0.39, 0.29) is 19.3 Å². The topological polar surface area (TPSA) is 231 Å². The monoisotopic (exact) mass is 1690 g/mol. The highest BCUT2D eigenvalue weighted by Gasteiger charge is 2.30. The number of esters is 3. The molecule has 0 aliphatic heterocycles. The molecule has 0 aromatic rings. The van der Waals surface area contributed by atoms with Gasteiger partial charge >= 0.3 is 33.6 Å². The van der Waals surface area contributed by atoms with Crippen molar-refractivity contribution in [3.05, 3.63) is 109 Å². The number of ether oxygens (including phenoxy) is 3. The fourth-order valence-electron chi connectivity index (χ4n) is 13.6. The van der Waals surface area contributed by atoms with Crippen LogP contribution in [0.4, 0.5) is 0 Å². The smallest absolute Gasteiger partial charge is 0.463 e. The molecule has 0 amide bonds. The number of unbranched alkanes of at least 4 members (excludes halogenated alkanes) is 51. The minimum absolute atomic E-state index is 0.0975. The summed E-state index contributed by atoms with van der Waals surface area (Å²) in [4.78, 5) is 59.0. The number of phosphoric acid groups is 2. The summed E-state index contributed by atoms with van der Waals surface area (Å²) in [5.41, 5.74) is 0. The normalized spacial score (nSPS) is 14.2. The third kappa shape index (κ3) is 92.8. The van der Waals surface area contributed by atoms with E-state index >= 15 is 0 Å². The second-order valence-corrected chi connectivity index (χ2v) is 35.4. The number of carbonyl (C=O) groups is 3. The molecular formula is C99H178O16P2. The molecular weight excluding hydrogens is 1510 g/mol. The largest absolute Gasteiger partial charge is 0.472 e. The van der Waals surface area contributed by atoms with Crippen LogP contribution in [-0.4, -0.2) is 95.9 Å². The van der Waals surface area contributed by atoms with Gasteiger partial charge in [0.25, 0.3) is 0 Å². The number of hydrogen-bond donors (Lipinski definition) is 4. The highest BCUT2D eigenvalue weighted by atomic mass is 31.2. The van der Waals surface area contributed by atoms with Gasteiger partial charge in [-0.2, -0.15) is 0 Å². The quantitative estimate of drug-likeness (QED) is 0.0146. The molecule has 0 fully saturated rings. The van der Waals surface area contributed by atoms with Crippen molar-refractivity contribution in [3.63, 3.8) is 0 Å². The first-order valence-corrected chi connectivity index (χ1v) is 51.2. The van der Waals surface area contributed by atoms with Crippen molar-refractivity contribution in [2.24, 2.45) is 0 Å². The van der Waals surface area contributed by atoms with Crippen LogP contribution in [-0.2, 0) is 55.8 Å². The van der Waals surface area contributed by atoms with E-state index in [1.54, 1.807) is 0 Å². The molecule has 0 spiro atoms. The number of aliphatic hydroxyl groups excluding tert-OH is 2. The van der Waals surface area contributed by atoms with Crippen LogP contribution in [0.2, 0.25) is 0 Å². The fourth-order valence-corrected chi connectivity index (χ4v) is 15.2. The van der Waals surface area contributed by atoms with Gasteiger partial charge in [-0.3, -0.25) is 32.5 Å². The van der Waals surface area contributed by atoms with Crippen molar-refractivity contribution in [2.75, 3.05) is 39.6 Å². The predicted molar refractivity (Wildman–Crippen MR) is 491 cm³/mol. The molecule has 0 radical (unpaired) electrons. The van der Waals surface area contributed by atoms with Gasteiger partial charge in [0.15, 0.2) is 6.10 Å². The maximum Gasteiger partial charge on any atom is 0.472 e. The van der Waals surface area contributed by atoms with Crippen LogP contribution >= 0.6 is 15.6 Å². The average Bonchev–Trinajstić information content (AvgIpc) is 0.874. The number of phosphoric ester groups is 2. The Morgan fingerprint density at radius 3 is 0.701 bits per heavy atom. The minimum atomic E-state index is -4.94. The predicted octanol–water partition coefficient (Wildman–Crippen LogP) is 29.8. The van der Waals surface area contributed by atoms with Crippen LogP contribution in [0.5, 0.6) is 0 Å². The standard InChI is InChI=1S/C99H178O16P2/c1-4-7-10-13-16-19-22-25-28-30-32-34-36-38-40-42-44-46-48-50-52-54-56-58-60-62-65-67-70-73-76-79-82-85-97(102)109-88-94(100)89-111-116(105,106)112-90-95(101)91-113-117(107,108)114-93-96(115-99(104)87-84-81-78-75-72-69-64-27-24-21-18-15-12-9-6-3)92-110-98(103)86-83-80-77-74-71-68-66-63-61-59-57-55-53-51-49-47-45-43-41-39-37-35-33-31-29-26-23-20-17-14-11-8-5-2/h16-17,19-20,25-29,32-35,38-41,64,94-96,100-101H,4-15,18,21-24,30-31,36-37,42-63,65-93H2,1-3H3,(H,105,106)(H,107,108)/b19-16-,20-17-,28-25-,29-26-,34-32-,35-33-,40-38-,41-39-,64-27-. The summed E-state index contributed by atoms with van der Waals surface area (Å²) in [5, 5.41) is 20.7. The number of allylic oxidation sites excluding steroid dienone is 18. The first kappa shape index (κ1) is 113. The molecule has 0 bridgehead atoms. The van der Waals surface area contributed by atoms with E-state index in [9.17, 15) is 43.5 Å². The molecule has 16 nitrogen and oxygen atoms in total. The Bertz CT molecular complexity index is 2560. The average molecular weight is 1690 g/mol. The van der Waals surface area contributed by atoms with Crippen LogP contribution in [0.15, 0.2) is 109 Å². The summed E-state index contributed by atoms with van der Waals surface area (Å²) in [5.74, 6) is -1.56. The fraction of sp³-hybridized carbons (Fsp3) is 0.788. The molecule has 5 unspecified atom stereocenters. The number of aliphatic hydroxyl groups is 2. The molecule has 5 atom stereocenters. The molecule has 0 aromatic heterocycles. The van der Waals surface area contributed by atoms with E-state index in [0.29, 0.717) is 19.3 Å². The third-order valence-electron chi connectivity index (χ3n) is 20.9. The van der Waals surface area contributed by atoms with Crippen molar-refractivity contribution in [3.8, 4) is 0 Å². The Kier molecular flexibility index (Phi) is 88.5. The van der Waals surface area contributed by atoms with Gasteiger partial charge in [0, 0.05) is 19.3 Å². The zero-order chi connectivity index (χ0) is 85.1. The van der Waals surface area contributed by atoms with Crippen LogP contribution in [0.3, 0.4) is 0 Å². The van der Waals surface area contributed by atoms with E-state index in [4.69, 9.17) is 32.3 Å². The first-order chi connectivity index (χ1) is 57.2. The summed E-state index contributed by atoms with van der Waals surface area (Å²) < 4.78 is 61.5. The number of rotatable bonds is 92. The second kappa shape index (κ2) is 91.4. The van der Waals surface area contributed by atoms with Gasteiger partial charge in [-0.15, -0.1) is 0 Å². The molecule has 0 saturated heterocycles. The van der Waals surface area contributed by atoms with E-state index in [1.165, 1.54) is 270 Å². The van der Waals surface area contributed by atoms with Crippen molar-refractivity contribution in [1.29, 1.82) is 0 Å². The summed E-state index contributed by atoms with van der Waals surface area (Å²) >= 11 is 0. The lowest BCUT2D eigenvalue weighted by Gasteiger charge is -2.21. The Balaban J connectivity index is 4.41. The maximum atomic E-state index is 13.0. The van der Waals surface area contributed by atoms with Crippen LogP contribution in [0, 0.1) is 0 Å². The SMILES string of the molecule is CCCCC/C=C\C/C=C\C/C=C\C/C=C\CCCCCCCCCCCCCCCCCCCC(=O)OCC(O)COP(=O)(O)OCC(O)COP(=O)(O)OCC(COC(=O)CCCCCCCCCCCCCCCCCCC/C=C\C/C=C\C/C=C\C/C=C\CCCCC)OC(=O)CCCCCCC/C=C\CCCCCCCC. The van der Waals surface area contributed by atoms with E-state index in [2.05, 4.69) is 130 Å². The Morgan fingerprint density at radius 2 is 0.427 bits per heavy atom. The van der Waals surface area contributed by atoms with Crippen LogP contribution in [0.25, 0.3) is 0 Å². The lowest BCUT2D eigenvalue weighted by atomic mass is 10.0. The van der Waals surface area contributed by atoms with Crippen molar-refractivity contribution in [1.82, 2.24) is 0 Å². The zero-order valence-electron chi connectivity index (χ0n) is 75.1. The Labute approximate surface area is 717 Å². The van der Waals surface area contributed by atoms with Crippen molar-refractivity contribution >= 4 is 33.6 Å². The van der Waals surface area contributed by atoms with Gasteiger partial charge in [-0.1, -0.05) is 400 Å². The van der Waals surface area contributed by atoms with E-state index in [1.807, 2.05) is 0 Å². The molecule has 0 aliphatic rings. The second-order valence-electron chi connectivity index (χ2n) is 32.5. The molecule has 18 heteroatoms. The molecule has 680 valence electrons. The first-order valence-electron chi connectivity index (χ1n) is 48.2. The Hall–Kier alpha value is -3.79. The number of carbonyl (C=O) groups excluding carboxylic acids is 3.